The second kappa shape index (κ2) is 7.66. The summed E-state index contributed by atoms with van der Waals surface area (Å²) in [6.07, 6.45) is 4.43. The van der Waals surface area contributed by atoms with Crippen molar-refractivity contribution in [2.75, 3.05) is 19.7 Å². The van der Waals surface area contributed by atoms with Gasteiger partial charge >= 0.3 is 0 Å². The Morgan fingerprint density at radius 3 is 2.92 bits per heavy atom. The van der Waals surface area contributed by atoms with E-state index in [2.05, 4.69) is 20.8 Å². The van der Waals surface area contributed by atoms with E-state index in [1.54, 1.807) is 0 Å². The molecule has 3 nitrogen and oxygen atoms in total. The van der Waals surface area contributed by atoms with E-state index >= 15 is 0 Å². The van der Waals surface area contributed by atoms with Gasteiger partial charge in [-0.15, -0.1) is 0 Å². The fourth-order valence-electron chi connectivity index (χ4n) is 2.89. The molecule has 1 aromatic carbocycles. The van der Waals surface area contributed by atoms with Crippen LogP contribution in [0, 0.1) is 11.6 Å². The van der Waals surface area contributed by atoms with Gasteiger partial charge in [-0.25, -0.2) is 8.78 Å². The molecule has 1 unspecified atom stereocenters. The van der Waals surface area contributed by atoms with Crippen LogP contribution >= 0.6 is 15.9 Å². The summed E-state index contributed by atoms with van der Waals surface area (Å²) in [5, 5.41) is 0. The van der Waals surface area contributed by atoms with Gasteiger partial charge in [-0.05, 0) is 53.9 Å². The number of allylic oxidation sites excluding steroid dienone is 2. The van der Waals surface area contributed by atoms with Crippen LogP contribution in [0.25, 0.3) is 0 Å². The molecule has 0 aliphatic carbocycles. The van der Waals surface area contributed by atoms with Crippen molar-refractivity contribution in [2.24, 2.45) is 0 Å². The molecule has 24 heavy (non-hydrogen) atoms. The molecule has 0 radical (unpaired) electrons. The van der Waals surface area contributed by atoms with Gasteiger partial charge in [0, 0.05) is 30.5 Å². The van der Waals surface area contributed by atoms with Gasteiger partial charge in [-0.2, -0.15) is 0 Å². The Morgan fingerprint density at radius 1 is 1.38 bits per heavy atom. The zero-order valence-electron chi connectivity index (χ0n) is 13.5. The number of hydrogen-bond acceptors (Lipinski definition) is 3. The monoisotopic (exact) mass is 399 g/mol. The Labute approximate surface area is 149 Å². The Balaban J connectivity index is 1.61. The number of nitrogens with zero attached hydrogens (tertiary/aromatic N) is 1. The van der Waals surface area contributed by atoms with Crippen LogP contribution in [0.2, 0.25) is 0 Å². The Kier molecular flexibility index (Phi) is 5.56. The van der Waals surface area contributed by atoms with Gasteiger partial charge in [0.15, 0.2) is 0 Å². The number of hydrogen-bond donors (Lipinski definition) is 0. The van der Waals surface area contributed by atoms with Crippen molar-refractivity contribution in [3.63, 3.8) is 0 Å². The number of benzene rings is 1. The van der Waals surface area contributed by atoms with Crippen molar-refractivity contribution in [1.29, 1.82) is 0 Å². The standard InChI is InChI=1S/C18H20BrF2NO2/c1-12-7-18(24-11-13-4-5-14(20)8-17(13)21)16(19)10-22(12)9-15-3-2-6-23-15/h4-5,7-8,15H,2-3,6,9-11H2,1H3. The molecule has 1 saturated heterocycles. The molecule has 1 aromatic rings. The number of rotatable bonds is 5. The normalized spacial score (nSPS) is 21.2. The van der Waals surface area contributed by atoms with Gasteiger partial charge < -0.3 is 14.4 Å². The molecule has 0 spiro atoms. The Hall–Kier alpha value is -1.40. The van der Waals surface area contributed by atoms with Gasteiger partial charge in [0.1, 0.15) is 24.0 Å². The van der Waals surface area contributed by atoms with E-state index in [9.17, 15) is 8.78 Å². The minimum atomic E-state index is -0.594. The molecular formula is C18H20BrF2NO2. The van der Waals surface area contributed by atoms with Gasteiger partial charge in [-0.1, -0.05) is 0 Å². The molecule has 6 heteroatoms. The summed E-state index contributed by atoms with van der Waals surface area (Å²) >= 11 is 3.55. The first-order valence-corrected chi connectivity index (χ1v) is 8.82. The second-order valence-electron chi connectivity index (χ2n) is 6.09. The predicted molar refractivity (Wildman–Crippen MR) is 91.4 cm³/mol. The lowest BCUT2D eigenvalue weighted by Crippen LogP contribution is -2.33. The van der Waals surface area contributed by atoms with Gasteiger partial charge in [0.25, 0.3) is 0 Å². The van der Waals surface area contributed by atoms with Crippen molar-refractivity contribution in [2.45, 2.75) is 32.5 Å². The Morgan fingerprint density at radius 2 is 2.21 bits per heavy atom. The lowest BCUT2D eigenvalue weighted by atomic mass is 10.2. The molecule has 2 aliphatic heterocycles. The zero-order valence-corrected chi connectivity index (χ0v) is 15.1. The van der Waals surface area contributed by atoms with Crippen LogP contribution in [0.4, 0.5) is 8.78 Å². The van der Waals surface area contributed by atoms with Crippen LogP contribution in [0.1, 0.15) is 25.3 Å². The van der Waals surface area contributed by atoms with Crippen molar-refractivity contribution in [3.05, 3.63) is 57.4 Å². The molecule has 130 valence electrons. The first-order valence-electron chi connectivity index (χ1n) is 8.03. The highest BCUT2D eigenvalue weighted by Gasteiger charge is 2.23. The van der Waals surface area contributed by atoms with E-state index in [4.69, 9.17) is 9.47 Å². The smallest absolute Gasteiger partial charge is 0.133 e. The maximum atomic E-state index is 13.7. The molecular weight excluding hydrogens is 380 g/mol. The summed E-state index contributed by atoms with van der Waals surface area (Å²) in [4.78, 5) is 2.24. The first-order chi connectivity index (χ1) is 11.5. The quantitative estimate of drug-likeness (QED) is 0.727. The summed E-state index contributed by atoms with van der Waals surface area (Å²) in [5.41, 5.74) is 1.42. The van der Waals surface area contributed by atoms with Gasteiger partial charge in [0.2, 0.25) is 0 Å². The van der Waals surface area contributed by atoms with Crippen molar-refractivity contribution in [3.8, 4) is 0 Å². The summed E-state index contributed by atoms with van der Waals surface area (Å²) < 4.78 is 39.0. The van der Waals surface area contributed by atoms with E-state index in [-0.39, 0.29) is 12.7 Å². The molecule has 0 aromatic heterocycles. The van der Waals surface area contributed by atoms with Crippen LogP contribution in [-0.4, -0.2) is 30.7 Å². The van der Waals surface area contributed by atoms with Crippen LogP contribution in [0.3, 0.4) is 0 Å². The zero-order chi connectivity index (χ0) is 17.1. The van der Waals surface area contributed by atoms with E-state index in [0.29, 0.717) is 17.9 Å². The third kappa shape index (κ3) is 4.16. The molecule has 1 fully saturated rings. The molecule has 1 atom stereocenters. The average Bonchev–Trinajstić information content (AvgIpc) is 3.03. The fraction of sp³-hybridized carbons (Fsp3) is 0.444. The van der Waals surface area contributed by atoms with E-state index in [1.807, 2.05) is 13.0 Å². The third-order valence-corrected chi connectivity index (χ3v) is 4.92. The highest BCUT2D eigenvalue weighted by Crippen LogP contribution is 2.28. The molecule has 0 N–H and O–H groups in total. The number of halogens is 3. The van der Waals surface area contributed by atoms with Crippen molar-refractivity contribution in [1.82, 2.24) is 4.90 Å². The average molecular weight is 400 g/mol. The summed E-state index contributed by atoms with van der Waals surface area (Å²) in [7, 11) is 0. The maximum Gasteiger partial charge on any atom is 0.133 e. The lowest BCUT2D eigenvalue weighted by molar-refractivity contribution is 0.0843. The molecule has 3 rings (SSSR count). The van der Waals surface area contributed by atoms with Crippen molar-refractivity contribution < 1.29 is 18.3 Å². The van der Waals surface area contributed by atoms with Gasteiger partial charge in [-0.3, -0.25) is 0 Å². The minimum absolute atomic E-state index is 0.0616. The molecule has 2 heterocycles. The van der Waals surface area contributed by atoms with Crippen LogP contribution in [-0.2, 0) is 16.1 Å². The van der Waals surface area contributed by atoms with Gasteiger partial charge in [0.05, 0.1) is 17.1 Å². The van der Waals surface area contributed by atoms with Crippen LogP contribution in [0.15, 0.2) is 40.2 Å². The SMILES string of the molecule is CC1=CC(OCc2ccc(F)cc2F)=C(Br)CN1CC1CCCO1. The highest BCUT2D eigenvalue weighted by molar-refractivity contribution is 9.11. The van der Waals surface area contributed by atoms with Crippen LogP contribution < -0.4 is 0 Å². The first kappa shape index (κ1) is 17.4. The number of ether oxygens (including phenoxy) is 2. The topological polar surface area (TPSA) is 21.7 Å². The second-order valence-corrected chi connectivity index (χ2v) is 7.05. The minimum Gasteiger partial charge on any atom is -0.488 e. The largest absolute Gasteiger partial charge is 0.488 e. The Bertz CT molecular complexity index is 669. The van der Waals surface area contributed by atoms with E-state index in [1.165, 1.54) is 12.1 Å². The van der Waals surface area contributed by atoms with E-state index in [0.717, 1.165) is 42.2 Å². The molecule has 0 saturated carbocycles. The summed E-state index contributed by atoms with van der Waals surface area (Å²) in [6.45, 7) is 4.49. The highest BCUT2D eigenvalue weighted by atomic mass is 79.9. The van der Waals surface area contributed by atoms with E-state index < -0.39 is 11.6 Å². The fourth-order valence-corrected chi connectivity index (χ4v) is 3.42. The molecule has 2 aliphatic rings. The maximum absolute atomic E-state index is 13.7. The van der Waals surface area contributed by atoms with Crippen molar-refractivity contribution >= 4 is 15.9 Å². The van der Waals surface area contributed by atoms with Crippen LogP contribution in [0.5, 0.6) is 0 Å². The summed E-state index contributed by atoms with van der Waals surface area (Å²) in [5.74, 6) is -0.502. The lowest BCUT2D eigenvalue weighted by Gasteiger charge is -2.31. The third-order valence-electron chi connectivity index (χ3n) is 4.28. The molecule has 0 amide bonds. The molecule has 0 bridgehead atoms. The summed E-state index contributed by atoms with van der Waals surface area (Å²) in [6, 6.07) is 3.51. The predicted octanol–water partition coefficient (Wildman–Crippen LogP) is 4.49.